The third-order valence-corrected chi connectivity index (χ3v) is 3.57. The molecule has 2 aromatic heterocycles. The molecule has 2 heterocycles. The monoisotopic (exact) mass is 278 g/mol. The third-order valence-electron chi connectivity index (χ3n) is 2.76. The second-order valence-electron chi connectivity index (χ2n) is 3.90. The van der Waals surface area contributed by atoms with E-state index in [4.69, 9.17) is 10.5 Å². The first kappa shape index (κ1) is 12.1. The van der Waals surface area contributed by atoms with Gasteiger partial charge < -0.3 is 10.5 Å². The number of methoxy groups -OCH3 is 1. The Bertz CT molecular complexity index is 736. The molecular formula is C12H11FN4OS. The van der Waals surface area contributed by atoms with Crippen molar-refractivity contribution in [3.8, 4) is 17.0 Å². The number of benzene rings is 1. The maximum Gasteiger partial charge on any atom is 0.212 e. The van der Waals surface area contributed by atoms with E-state index in [-0.39, 0.29) is 12.3 Å². The highest BCUT2D eigenvalue weighted by atomic mass is 32.1. The number of hydrogen-bond donors (Lipinski definition) is 1. The number of nitrogens with two attached hydrogens (primary N) is 1. The maximum absolute atomic E-state index is 13.7. The van der Waals surface area contributed by atoms with Gasteiger partial charge in [-0.15, -0.1) is 16.4 Å². The van der Waals surface area contributed by atoms with Crippen LogP contribution in [-0.2, 0) is 6.54 Å². The first-order valence-corrected chi connectivity index (χ1v) is 6.48. The van der Waals surface area contributed by atoms with Gasteiger partial charge in [-0.1, -0.05) is 0 Å². The first-order valence-electron chi connectivity index (χ1n) is 5.60. The van der Waals surface area contributed by atoms with Crippen LogP contribution in [0.4, 0.5) is 4.39 Å². The van der Waals surface area contributed by atoms with Crippen molar-refractivity contribution in [2.75, 3.05) is 7.11 Å². The van der Waals surface area contributed by atoms with Crippen LogP contribution in [0.1, 0.15) is 5.82 Å². The van der Waals surface area contributed by atoms with Crippen LogP contribution in [-0.4, -0.2) is 21.7 Å². The molecule has 0 saturated heterocycles. The minimum atomic E-state index is -0.404. The van der Waals surface area contributed by atoms with E-state index in [1.54, 1.807) is 16.6 Å². The molecule has 3 aromatic rings. The standard InChI is InChI=1S/C12H11FN4OS/c1-18-10-3-2-7(4-8(10)13)9-6-19-12-15-11(5-14)16-17(9)12/h2-4,6H,5,14H2,1H3. The summed E-state index contributed by atoms with van der Waals surface area (Å²) in [5.41, 5.74) is 7.02. The number of fused-ring (bicyclic) bond motifs is 1. The van der Waals surface area contributed by atoms with Crippen molar-refractivity contribution in [1.29, 1.82) is 0 Å². The van der Waals surface area contributed by atoms with Crippen LogP contribution in [0.15, 0.2) is 23.6 Å². The molecule has 0 fully saturated rings. The zero-order chi connectivity index (χ0) is 13.4. The molecule has 7 heteroatoms. The Kier molecular flexibility index (Phi) is 2.92. The Morgan fingerprint density at radius 2 is 2.32 bits per heavy atom. The maximum atomic E-state index is 13.7. The van der Waals surface area contributed by atoms with Crippen molar-refractivity contribution in [3.63, 3.8) is 0 Å². The van der Waals surface area contributed by atoms with E-state index in [9.17, 15) is 4.39 Å². The molecule has 0 bridgehead atoms. The normalized spacial score (nSPS) is 11.1. The van der Waals surface area contributed by atoms with Crippen LogP contribution < -0.4 is 10.5 Å². The van der Waals surface area contributed by atoms with Gasteiger partial charge in [0, 0.05) is 10.9 Å². The summed E-state index contributed by atoms with van der Waals surface area (Å²) in [4.78, 5) is 5.00. The molecule has 3 rings (SSSR count). The van der Waals surface area contributed by atoms with Crippen molar-refractivity contribution in [3.05, 3.63) is 35.2 Å². The molecule has 2 N–H and O–H groups in total. The molecule has 1 aromatic carbocycles. The largest absolute Gasteiger partial charge is 0.494 e. The van der Waals surface area contributed by atoms with E-state index in [0.29, 0.717) is 5.82 Å². The predicted octanol–water partition coefficient (Wildman–Crippen LogP) is 2.06. The van der Waals surface area contributed by atoms with Crippen LogP contribution in [0.5, 0.6) is 5.75 Å². The summed E-state index contributed by atoms with van der Waals surface area (Å²) in [7, 11) is 1.44. The Morgan fingerprint density at radius 1 is 1.47 bits per heavy atom. The number of aromatic nitrogens is 3. The van der Waals surface area contributed by atoms with Gasteiger partial charge in [-0.05, 0) is 18.2 Å². The number of ether oxygens (including phenoxy) is 1. The van der Waals surface area contributed by atoms with Gasteiger partial charge in [0.15, 0.2) is 17.4 Å². The van der Waals surface area contributed by atoms with E-state index < -0.39 is 5.82 Å². The topological polar surface area (TPSA) is 65.4 Å². The van der Waals surface area contributed by atoms with Crippen LogP contribution in [0.25, 0.3) is 16.2 Å². The molecule has 19 heavy (non-hydrogen) atoms. The lowest BCUT2D eigenvalue weighted by Crippen LogP contribution is -1.99. The lowest BCUT2D eigenvalue weighted by Gasteiger charge is -2.04. The Morgan fingerprint density at radius 3 is 3.00 bits per heavy atom. The molecule has 0 aliphatic carbocycles. The van der Waals surface area contributed by atoms with Crippen molar-refractivity contribution >= 4 is 16.3 Å². The summed E-state index contributed by atoms with van der Waals surface area (Å²) in [6.45, 7) is 0.283. The second-order valence-corrected chi connectivity index (χ2v) is 4.73. The smallest absolute Gasteiger partial charge is 0.212 e. The average molecular weight is 278 g/mol. The summed E-state index contributed by atoms with van der Waals surface area (Å²) >= 11 is 1.44. The summed E-state index contributed by atoms with van der Waals surface area (Å²) in [5, 5.41) is 6.16. The van der Waals surface area contributed by atoms with Crippen molar-refractivity contribution in [2.24, 2.45) is 5.73 Å². The third kappa shape index (κ3) is 1.96. The molecule has 0 amide bonds. The van der Waals surface area contributed by atoms with Crippen LogP contribution in [0.3, 0.4) is 0 Å². The summed E-state index contributed by atoms with van der Waals surface area (Å²) in [5.74, 6) is 0.386. The lowest BCUT2D eigenvalue weighted by molar-refractivity contribution is 0.386. The van der Waals surface area contributed by atoms with Gasteiger partial charge in [-0.25, -0.2) is 13.9 Å². The molecule has 0 spiro atoms. The van der Waals surface area contributed by atoms with Crippen molar-refractivity contribution < 1.29 is 9.13 Å². The summed E-state index contributed by atoms with van der Waals surface area (Å²) < 4.78 is 20.3. The van der Waals surface area contributed by atoms with Crippen molar-refractivity contribution in [2.45, 2.75) is 6.54 Å². The Hall–Kier alpha value is -1.99. The lowest BCUT2D eigenvalue weighted by atomic mass is 10.1. The van der Waals surface area contributed by atoms with E-state index in [2.05, 4.69) is 10.1 Å². The van der Waals surface area contributed by atoms with Gasteiger partial charge in [-0.3, -0.25) is 0 Å². The molecule has 5 nitrogen and oxygen atoms in total. The highest BCUT2D eigenvalue weighted by Crippen LogP contribution is 2.28. The van der Waals surface area contributed by atoms with Crippen LogP contribution in [0, 0.1) is 5.82 Å². The number of hydrogen-bond acceptors (Lipinski definition) is 5. The zero-order valence-electron chi connectivity index (χ0n) is 10.1. The van der Waals surface area contributed by atoms with E-state index >= 15 is 0 Å². The van der Waals surface area contributed by atoms with Gasteiger partial charge in [0.25, 0.3) is 0 Å². The highest BCUT2D eigenvalue weighted by Gasteiger charge is 2.12. The molecular weight excluding hydrogens is 267 g/mol. The zero-order valence-corrected chi connectivity index (χ0v) is 10.9. The SMILES string of the molecule is COc1ccc(-c2csc3nc(CN)nn23)cc1F. The number of nitrogens with zero attached hydrogens (tertiary/aromatic N) is 3. The van der Waals surface area contributed by atoms with E-state index in [1.165, 1.54) is 24.5 Å². The van der Waals surface area contributed by atoms with Crippen molar-refractivity contribution in [1.82, 2.24) is 14.6 Å². The fraction of sp³-hybridized carbons (Fsp3) is 0.167. The quantitative estimate of drug-likeness (QED) is 0.796. The molecule has 0 aliphatic rings. The first-order chi connectivity index (χ1) is 9.22. The molecule has 0 atom stereocenters. The summed E-state index contributed by atoms with van der Waals surface area (Å²) in [6, 6.07) is 4.80. The molecule has 0 unspecified atom stereocenters. The minimum Gasteiger partial charge on any atom is -0.494 e. The predicted molar refractivity (Wildman–Crippen MR) is 70.7 cm³/mol. The molecule has 0 radical (unpaired) electrons. The number of thiazole rings is 1. The van der Waals surface area contributed by atoms with Gasteiger partial charge in [0.2, 0.25) is 4.96 Å². The van der Waals surface area contributed by atoms with E-state index in [0.717, 1.165) is 16.2 Å². The fourth-order valence-electron chi connectivity index (χ4n) is 1.83. The Labute approximate surface area is 112 Å². The highest BCUT2D eigenvalue weighted by molar-refractivity contribution is 7.15. The van der Waals surface area contributed by atoms with Gasteiger partial charge in [0.1, 0.15) is 0 Å². The average Bonchev–Trinajstić information content (AvgIpc) is 2.97. The van der Waals surface area contributed by atoms with Gasteiger partial charge >= 0.3 is 0 Å². The minimum absolute atomic E-state index is 0.219. The van der Waals surface area contributed by atoms with Crippen LogP contribution in [0.2, 0.25) is 0 Å². The Balaban J connectivity index is 2.13. The molecule has 0 saturated carbocycles. The number of rotatable bonds is 3. The second kappa shape index (κ2) is 4.60. The molecule has 0 aliphatic heterocycles. The van der Waals surface area contributed by atoms with E-state index in [1.807, 2.05) is 5.38 Å². The van der Waals surface area contributed by atoms with Gasteiger partial charge in [-0.2, -0.15) is 0 Å². The number of halogens is 1. The summed E-state index contributed by atoms with van der Waals surface area (Å²) in [6.07, 6.45) is 0. The van der Waals surface area contributed by atoms with Crippen LogP contribution >= 0.6 is 11.3 Å². The van der Waals surface area contributed by atoms with Gasteiger partial charge in [0.05, 0.1) is 19.3 Å². The fourth-order valence-corrected chi connectivity index (χ4v) is 2.68. The molecule has 98 valence electrons.